The van der Waals surface area contributed by atoms with E-state index in [2.05, 4.69) is 10.6 Å². The molecule has 2 heterocycles. The first-order valence-corrected chi connectivity index (χ1v) is 13.4. The number of rotatable bonds is 9. The molecule has 6 nitrogen and oxygen atoms in total. The van der Waals surface area contributed by atoms with Crippen molar-refractivity contribution in [1.29, 1.82) is 0 Å². The van der Waals surface area contributed by atoms with Crippen LogP contribution in [-0.2, 0) is 16.0 Å². The summed E-state index contributed by atoms with van der Waals surface area (Å²) in [7, 11) is 0. The normalized spacial score (nSPS) is 14.5. The fourth-order valence-electron chi connectivity index (χ4n) is 4.37. The molecule has 1 saturated carbocycles. The predicted molar refractivity (Wildman–Crippen MR) is 137 cm³/mol. The zero-order valence-electron chi connectivity index (χ0n) is 19.2. The molecule has 8 heteroatoms. The molecule has 1 aliphatic carbocycles. The minimum atomic E-state index is -0.806. The highest BCUT2D eigenvalue weighted by atomic mass is 32.1. The van der Waals surface area contributed by atoms with Crippen LogP contribution in [0.1, 0.15) is 58.8 Å². The second kappa shape index (κ2) is 11.4. The van der Waals surface area contributed by atoms with Crippen molar-refractivity contribution < 1.29 is 14.4 Å². The molecule has 3 aromatic rings. The molecule has 1 atom stereocenters. The number of thiophene rings is 2. The number of nitrogens with one attached hydrogen (secondary N) is 2. The number of carbonyl (C=O) groups is 3. The molecule has 34 heavy (non-hydrogen) atoms. The topological polar surface area (TPSA) is 78.5 Å². The Hall–Kier alpha value is -2.97. The lowest BCUT2D eigenvalue weighted by Crippen LogP contribution is -2.49. The first-order chi connectivity index (χ1) is 16.6. The molecule has 0 bridgehead atoms. The predicted octanol–water partition coefficient (Wildman–Crippen LogP) is 4.94. The molecule has 0 aliphatic heterocycles. The molecule has 0 saturated heterocycles. The molecule has 1 aromatic carbocycles. The van der Waals surface area contributed by atoms with Crippen LogP contribution < -0.4 is 15.5 Å². The van der Waals surface area contributed by atoms with E-state index in [9.17, 15) is 14.4 Å². The number of anilines is 1. The van der Waals surface area contributed by atoms with Gasteiger partial charge in [-0.1, -0.05) is 50.1 Å². The van der Waals surface area contributed by atoms with E-state index in [-0.39, 0.29) is 30.3 Å². The SMILES string of the molecule is CCc1ccccc1N(C(=O)CNC(=O)c1cccs1)[C@@H](C(=O)NC1CCCC1)c1cccs1. The molecule has 0 radical (unpaired) electrons. The van der Waals surface area contributed by atoms with Crippen molar-refractivity contribution >= 4 is 46.1 Å². The third-order valence-corrected chi connectivity index (χ3v) is 7.86. The maximum absolute atomic E-state index is 13.7. The van der Waals surface area contributed by atoms with E-state index in [0.717, 1.165) is 36.1 Å². The molecule has 2 N–H and O–H groups in total. The number of nitrogens with zero attached hydrogens (tertiary/aromatic N) is 1. The van der Waals surface area contributed by atoms with Gasteiger partial charge in [-0.25, -0.2) is 0 Å². The van der Waals surface area contributed by atoms with Crippen molar-refractivity contribution in [1.82, 2.24) is 10.6 Å². The highest BCUT2D eigenvalue weighted by molar-refractivity contribution is 7.12. The number of benzene rings is 1. The Kier molecular flexibility index (Phi) is 8.13. The Labute approximate surface area is 208 Å². The molecule has 0 spiro atoms. The average molecular weight is 496 g/mol. The summed E-state index contributed by atoms with van der Waals surface area (Å²) in [5.74, 6) is -0.806. The van der Waals surface area contributed by atoms with E-state index in [1.165, 1.54) is 22.7 Å². The highest BCUT2D eigenvalue weighted by Crippen LogP contribution is 2.33. The van der Waals surface area contributed by atoms with Crippen LogP contribution in [0.2, 0.25) is 0 Å². The van der Waals surface area contributed by atoms with Gasteiger partial charge in [0.1, 0.15) is 6.04 Å². The van der Waals surface area contributed by atoms with Gasteiger partial charge in [0.25, 0.3) is 5.91 Å². The third kappa shape index (κ3) is 5.56. The van der Waals surface area contributed by atoms with Crippen LogP contribution in [0.3, 0.4) is 0 Å². The second-order valence-electron chi connectivity index (χ2n) is 8.31. The Morgan fingerprint density at radius 3 is 2.41 bits per heavy atom. The van der Waals surface area contributed by atoms with Crippen LogP contribution in [0.25, 0.3) is 0 Å². The standard InChI is InChI=1S/C26H29N3O3S2/c1-2-18-9-3-6-12-20(18)29(23(30)17-27-25(31)22-14-8-16-34-22)24(21-13-7-15-33-21)26(32)28-19-10-4-5-11-19/h3,6-9,12-16,19,24H,2,4-5,10-11,17H2,1H3,(H,27,31)(H,28,32)/t24-/m1/s1. The van der Waals surface area contributed by atoms with E-state index < -0.39 is 6.04 Å². The number of aryl methyl sites for hydroxylation is 1. The zero-order chi connectivity index (χ0) is 23.9. The number of amides is 3. The summed E-state index contributed by atoms with van der Waals surface area (Å²) in [5.41, 5.74) is 1.66. The smallest absolute Gasteiger partial charge is 0.261 e. The number of para-hydroxylation sites is 1. The number of hydrogen-bond acceptors (Lipinski definition) is 5. The summed E-state index contributed by atoms with van der Waals surface area (Å²) in [6.07, 6.45) is 4.83. The Morgan fingerprint density at radius 2 is 1.74 bits per heavy atom. The molecular formula is C26H29N3O3S2. The highest BCUT2D eigenvalue weighted by Gasteiger charge is 2.35. The van der Waals surface area contributed by atoms with E-state index in [1.54, 1.807) is 17.0 Å². The Balaban J connectivity index is 1.67. The van der Waals surface area contributed by atoms with Gasteiger partial charge < -0.3 is 10.6 Å². The summed E-state index contributed by atoms with van der Waals surface area (Å²) in [4.78, 5) is 42.8. The number of carbonyl (C=O) groups excluding carboxylic acids is 3. The van der Waals surface area contributed by atoms with Gasteiger partial charge in [-0.2, -0.15) is 0 Å². The van der Waals surface area contributed by atoms with Gasteiger partial charge in [-0.05, 0) is 53.8 Å². The molecular weight excluding hydrogens is 466 g/mol. The number of hydrogen-bond donors (Lipinski definition) is 2. The third-order valence-electron chi connectivity index (χ3n) is 6.07. The van der Waals surface area contributed by atoms with Crippen molar-refractivity contribution in [3.8, 4) is 0 Å². The van der Waals surface area contributed by atoms with Crippen molar-refractivity contribution in [2.24, 2.45) is 0 Å². The summed E-state index contributed by atoms with van der Waals surface area (Å²) < 4.78 is 0. The van der Waals surface area contributed by atoms with Gasteiger partial charge in [0.05, 0.1) is 11.4 Å². The monoisotopic (exact) mass is 495 g/mol. The van der Waals surface area contributed by atoms with Gasteiger partial charge in [-0.3, -0.25) is 19.3 Å². The molecule has 0 unspecified atom stereocenters. The van der Waals surface area contributed by atoms with E-state index in [0.29, 0.717) is 17.0 Å². The molecule has 1 aliphatic rings. The quantitative estimate of drug-likeness (QED) is 0.442. The van der Waals surface area contributed by atoms with Gasteiger partial charge in [0.15, 0.2) is 0 Å². The van der Waals surface area contributed by atoms with Gasteiger partial charge >= 0.3 is 0 Å². The van der Waals surface area contributed by atoms with E-state index in [1.807, 2.05) is 54.1 Å². The minimum absolute atomic E-state index is 0.131. The van der Waals surface area contributed by atoms with Crippen LogP contribution >= 0.6 is 22.7 Å². The second-order valence-corrected chi connectivity index (χ2v) is 10.2. The van der Waals surface area contributed by atoms with Crippen molar-refractivity contribution in [2.75, 3.05) is 11.4 Å². The summed E-state index contributed by atoms with van der Waals surface area (Å²) in [5, 5.41) is 9.66. The molecule has 1 fully saturated rings. The minimum Gasteiger partial charge on any atom is -0.351 e. The van der Waals surface area contributed by atoms with Crippen LogP contribution in [0, 0.1) is 0 Å². The fraction of sp³-hybridized carbons (Fsp3) is 0.346. The summed E-state index contributed by atoms with van der Waals surface area (Å²) >= 11 is 2.77. The Morgan fingerprint density at radius 1 is 1.00 bits per heavy atom. The molecule has 3 amide bonds. The van der Waals surface area contributed by atoms with Crippen LogP contribution in [0.15, 0.2) is 59.3 Å². The van der Waals surface area contributed by atoms with Crippen molar-refractivity contribution in [2.45, 2.75) is 51.1 Å². The van der Waals surface area contributed by atoms with Crippen LogP contribution in [0.4, 0.5) is 5.69 Å². The van der Waals surface area contributed by atoms with Crippen molar-refractivity contribution in [3.63, 3.8) is 0 Å². The van der Waals surface area contributed by atoms with Crippen molar-refractivity contribution in [3.05, 3.63) is 74.6 Å². The van der Waals surface area contributed by atoms with Crippen LogP contribution in [0.5, 0.6) is 0 Å². The molecule has 178 valence electrons. The van der Waals surface area contributed by atoms with E-state index >= 15 is 0 Å². The van der Waals surface area contributed by atoms with E-state index in [4.69, 9.17) is 0 Å². The summed E-state index contributed by atoms with van der Waals surface area (Å²) in [6.45, 7) is 1.83. The van der Waals surface area contributed by atoms with Crippen LogP contribution in [-0.4, -0.2) is 30.3 Å². The lowest BCUT2D eigenvalue weighted by atomic mass is 10.1. The molecule has 2 aromatic heterocycles. The molecule has 4 rings (SSSR count). The maximum Gasteiger partial charge on any atom is 0.261 e. The van der Waals surface area contributed by atoms with Gasteiger partial charge in [0.2, 0.25) is 11.8 Å². The van der Waals surface area contributed by atoms with Gasteiger partial charge in [0, 0.05) is 16.6 Å². The fourth-order valence-corrected chi connectivity index (χ4v) is 5.82. The van der Waals surface area contributed by atoms with Gasteiger partial charge in [-0.15, -0.1) is 22.7 Å². The first-order valence-electron chi connectivity index (χ1n) is 11.6. The largest absolute Gasteiger partial charge is 0.351 e. The average Bonchev–Trinajstić information content (AvgIpc) is 3.64. The summed E-state index contributed by atoms with van der Waals surface area (Å²) in [6, 6.07) is 14.3. The lowest BCUT2D eigenvalue weighted by Gasteiger charge is -2.33. The lowest BCUT2D eigenvalue weighted by molar-refractivity contribution is -0.126. The Bertz CT molecular complexity index is 1110. The zero-order valence-corrected chi connectivity index (χ0v) is 20.8. The first kappa shape index (κ1) is 24.2. The maximum atomic E-state index is 13.7.